The maximum absolute atomic E-state index is 12.0. The van der Waals surface area contributed by atoms with Crippen LogP contribution in [0.4, 0.5) is 0 Å². The molecule has 4 heteroatoms. The summed E-state index contributed by atoms with van der Waals surface area (Å²) in [7, 11) is 0. The van der Waals surface area contributed by atoms with Gasteiger partial charge in [-0.25, -0.2) is 0 Å². The molecule has 0 aromatic carbocycles. The molecule has 92 valence electrons. The van der Waals surface area contributed by atoms with Crippen LogP contribution in [-0.2, 0) is 9.59 Å². The second kappa shape index (κ2) is 5.71. The minimum Gasteiger partial charge on any atom is -0.279 e. The fourth-order valence-corrected chi connectivity index (χ4v) is 3.43. The van der Waals surface area contributed by atoms with Crippen LogP contribution in [0.15, 0.2) is 0 Å². The van der Waals surface area contributed by atoms with E-state index in [0.717, 1.165) is 12.8 Å². The van der Waals surface area contributed by atoms with E-state index >= 15 is 0 Å². The highest BCUT2D eigenvalue weighted by Crippen LogP contribution is 2.31. The summed E-state index contributed by atoms with van der Waals surface area (Å²) in [6.45, 7) is 8.04. The van der Waals surface area contributed by atoms with Gasteiger partial charge in [0.05, 0.1) is 5.25 Å². The van der Waals surface area contributed by atoms with Crippen molar-refractivity contribution in [3.63, 3.8) is 0 Å². The Balaban J connectivity index is 2.59. The molecule has 1 fully saturated rings. The number of hydrogen-bond acceptors (Lipinski definition) is 3. The number of nitrogens with zero attached hydrogens (tertiary/aromatic N) is 1. The van der Waals surface area contributed by atoms with E-state index in [2.05, 4.69) is 13.8 Å². The van der Waals surface area contributed by atoms with Gasteiger partial charge in [0.2, 0.25) is 11.8 Å². The van der Waals surface area contributed by atoms with Crippen molar-refractivity contribution in [2.45, 2.75) is 63.5 Å². The van der Waals surface area contributed by atoms with Crippen molar-refractivity contribution in [3.8, 4) is 0 Å². The third-order valence-electron chi connectivity index (χ3n) is 2.75. The standard InChI is InChI=1S/C12H21NO2S/c1-5-6-9(4)16-10-7-11(14)13(8(2)3)12(10)15/h8-10H,5-7H2,1-4H3. The van der Waals surface area contributed by atoms with Crippen LogP contribution in [0, 0.1) is 0 Å². The fraction of sp³-hybridized carbons (Fsp3) is 0.833. The Bertz CT molecular complexity index is 278. The molecular formula is C12H21NO2S. The Morgan fingerprint density at radius 1 is 1.38 bits per heavy atom. The lowest BCUT2D eigenvalue weighted by molar-refractivity contribution is -0.140. The van der Waals surface area contributed by atoms with Crippen LogP contribution in [0.3, 0.4) is 0 Å². The molecule has 1 rings (SSSR count). The van der Waals surface area contributed by atoms with Gasteiger partial charge in [-0.15, -0.1) is 11.8 Å². The van der Waals surface area contributed by atoms with Crippen molar-refractivity contribution in [1.29, 1.82) is 0 Å². The molecule has 1 aliphatic heterocycles. The number of carbonyl (C=O) groups excluding carboxylic acids is 2. The monoisotopic (exact) mass is 243 g/mol. The van der Waals surface area contributed by atoms with Gasteiger partial charge in [-0.05, 0) is 20.3 Å². The molecule has 0 radical (unpaired) electrons. The molecule has 16 heavy (non-hydrogen) atoms. The van der Waals surface area contributed by atoms with Crippen LogP contribution in [0.1, 0.15) is 47.0 Å². The highest BCUT2D eigenvalue weighted by atomic mass is 32.2. The number of imide groups is 1. The molecule has 2 atom stereocenters. The molecule has 3 nitrogen and oxygen atoms in total. The van der Waals surface area contributed by atoms with Gasteiger partial charge in [-0.1, -0.05) is 20.3 Å². The molecular weight excluding hydrogens is 222 g/mol. The van der Waals surface area contributed by atoms with E-state index in [-0.39, 0.29) is 23.1 Å². The van der Waals surface area contributed by atoms with Gasteiger partial charge in [0.25, 0.3) is 0 Å². The van der Waals surface area contributed by atoms with E-state index < -0.39 is 0 Å². The predicted octanol–water partition coefficient (Wildman–Crippen LogP) is 2.44. The minimum atomic E-state index is -0.142. The highest BCUT2D eigenvalue weighted by Gasteiger charge is 2.40. The van der Waals surface area contributed by atoms with Gasteiger partial charge < -0.3 is 0 Å². The second-order valence-electron chi connectivity index (χ2n) is 4.62. The average molecular weight is 243 g/mol. The fourth-order valence-electron chi connectivity index (χ4n) is 2.03. The summed E-state index contributed by atoms with van der Waals surface area (Å²) in [6, 6.07) is -0.00733. The van der Waals surface area contributed by atoms with Gasteiger partial charge in [-0.2, -0.15) is 0 Å². The Labute approximate surface area is 102 Å². The molecule has 2 unspecified atom stereocenters. The quantitative estimate of drug-likeness (QED) is 0.696. The molecule has 0 N–H and O–H groups in total. The zero-order chi connectivity index (χ0) is 12.3. The van der Waals surface area contributed by atoms with Crippen LogP contribution in [0.2, 0.25) is 0 Å². The van der Waals surface area contributed by atoms with Crippen molar-refractivity contribution >= 4 is 23.6 Å². The minimum absolute atomic E-state index is 0.00733. The largest absolute Gasteiger partial charge is 0.279 e. The first-order valence-corrected chi connectivity index (χ1v) is 6.93. The van der Waals surface area contributed by atoms with E-state index in [1.54, 1.807) is 11.8 Å². The molecule has 0 spiro atoms. The van der Waals surface area contributed by atoms with Crippen LogP contribution >= 0.6 is 11.8 Å². The summed E-state index contributed by atoms with van der Waals surface area (Å²) in [5, 5.41) is 0.315. The van der Waals surface area contributed by atoms with E-state index in [0.29, 0.717) is 11.7 Å². The van der Waals surface area contributed by atoms with E-state index in [1.807, 2.05) is 13.8 Å². The molecule has 2 amide bonds. The van der Waals surface area contributed by atoms with Crippen molar-refractivity contribution < 1.29 is 9.59 Å². The smallest absolute Gasteiger partial charge is 0.243 e. The zero-order valence-electron chi connectivity index (χ0n) is 10.5. The Kier molecular flexibility index (Phi) is 4.84. The number of thioether (sulfide) groups is 1. The van der Waals surface area contributed by atoms with Crippen molar-refractivity contribution in [2.75, 3.05) is 0 Å². The number of rotatable bonds is 5. The molecule has 0 saturated carbocycles. The van der Waals surface area contributed by atoms with Gasteiger partial charge in [0.15, 0.2) is 0 Å². The van der Waals surface area contributed by atoms with Crippen LogP contribution in [-0.4, -0.2) is 33.3 Å². The van der Waals surface area contributed by atoms with E-state index in [9.17, 15) is 9.59 Å². The zero-order valence-corrected chi connectivity index (χ0v) is 11.3. The molecule has 0 bridgehead atoms. The van der Waals surface area contributed by atoms with Gasteiger partial charge in [0, 0.05) is 17.7 Å². The lowest BCUT2D eigenvalue weighted by Crippen LogP contribution is -2.37. The summed E-state index contributed by atoms with van der Waals surface area (Å²) in [4.78, 5) is 25.1. The summed E-state index contributed by atoms with van der Waals surface area (Å²) < 4.78 is 0. The average Bonchev–Trinajstić information content (AvgIpc) is 2.42. The molecule has 1 heterocycles. The third kappa shape index (κ3) is 3.00. The summed E-state index contributed by atoms with van der Waals surface area (Å²) in [6.07, 6.45) is 2.61. The maximum atomic E-state index is 12.0. The van der Waals surface area contributed by atoms with Gasteiger partial charge in [0.1, 0.15) is 0 Å². The Morgan fingerprint density at radius 3 is 2.44 bits per heavy atom. The molecule has 1 aliphatic rings. The number of carbonyl (C=O) groups is 2. The first-order chi connectivity index (χ1) is 7.47. The van der Waals surface area contributed by atoms with E-state index in [1.165, 1.54) is 4.90 Å². The SMILES string of the molecule is CCCC(C)SC1CC(=O)N(C(C)C)C1=O. The van der Waals surface area contributed by atoms with Crippen molar-refractivity contribution in [1.82, 2.24) is 4.90 Å². The van der Waals surface area contributed by atoms with Gasteiger partial charge >= 0.3 is 0 Å². The Morgan fingerprint density at radius 2 is 2.00 bits per heavy atom. The molecule has 0 aliphatic carbocycles. The topological polar surface area (TPSA) is 37.4 Å². The molecule has 0 aromatic heterocycles. The number of hydrogen-bond donors (Lipinski definition) is 0. The first kappa shape index (κ1) is 13.6. The summed E-state index contributed by atoms with van der Waals surface area (Å²) in [5.41, 5.74) is 0. The van der Waals surface area contributed by atoms with Crippen LogP contribution < -0.4 is 0 Å². The lowest BCUT2D eigenvalue weighted by Gasteiger charge is -2.19. The number of amides is 2. The highest BCUT2D eigenvalue weighted by molar-refractivity contribution is 8.01. The molecule has 1 saturated heterocycles. The lowest BCUT2D eigenvalue weighted by atomic mass is 10.3. The van der Waals surface area contributed by atoms with E-state index in [4.69, 9.17) is 0 Å². The third-order valence-corrected chi connectivity index (χ3v) is 4.15. The summed E-state index contributed by atoms with van der Waals surface area (Å²) in [5.74, 6) is -0.00542. The predicted molar refractivity (Wildman–Crippen MR) is 67.4 cm³/mol. The van der Waals surface area contributed by atoms with Gasteiger partial charge in [-0.3, -0.25) is 14.5 Å². The van der Waals surface area contributed by atoms with Crippen molar-refractivity contribution in [2.24, 2.45) is 0 Å². The first-order valence-electron chi connectivity index (χ1n) is 5.98. The maximum Gasteiger partial charge on any atom is 0.243 e. The van der Waals surface area contributed by atoms with Crippen molar-refractivity contribution in [3.05, 3.63) is 0 Å². The second-order valence-corrected chi connectivity index (χ2v) is 6.27. The van der Waals surface area contributed by atoms with Crippen LogP contribution in [0.5, 0.6) is 0 Å². The van der Waals surface area contributed by atoms with Crippen LogP contribution in [0.25, 0.3) is 0 Å². The molecule has 0 aromatic rings. The number of likely N-dealkylation sites (tertiary alicyclic amines) is 1. The normalized spacial score (nSPS) is 23.3. The summed E-state index contributed by atoms with van der Waals surface area (Å²) >= 11 is 1.65. The Hall–Kier alpha value is -0.510.